The highest BCUT2D eigenvalue weighted by molar-refractivity contribution is 5.75. The molecule has 0 aliphatic heterocycles. The van der Waals surface area contributed by atoms with Gasteiger partial charge in [-0.25, -0.2) is 0 Å². The number of carbonyl (C=O) groups is 1. The zero-order valence-electron chi connectivity index (χ0n) is 11.4. The largest absolute Gasteiger partial charge is 0.481 e. The molecule has 2 aromatic heterocycles. The number of hydrogen-bond acceptors (Lipinski definition) is 8. The van der Waals surface area contributed by atoms with Crippen molar-refractivity contribution in [1.29, 1.82) is 0 Å². The molecular formula is C12H13N5O4. The molecule has 2 aromatic rings. The van der Waals surface area contributed by atoms with E-state index in [0.29, 0.717) is 11.6 Å². The van der Waals surface area contributed by atoms with Gasteiger partial charge < -0.3 is 19.9 Å². The fourth-order valence-corrected chi connectivity index (χ4v) is 1.34. The van der Waals surface area contributed by atoms with Crippen LogP contribution in [0.4, 0.5) is 0 Å². The molecule has 2 N–H and O–H groups in total. The first-order valence-electron chi connectivity index (χ1n) is 5.89. The first kappa shape index (κ1) is 14.4. The van der Waals surface area contributed by atoms with E-state index in [-0.39, 0.29) is 24.4 Å². The van der Waals surface area contributed by atoms with Crippen LogP contribution in [0.25, 0.3) is 0 Å². The van der Waals surface area contributed by atoms with Gasteiger partial charge >= 0.3 is 6.01 Å². The van der Waals surface area contributed by atoms with Gasteiger partial charge in [-0.15, -0.1) is 10.2 Å². The molecule has 0 bridgehead atoms. The highest BCUT2D eigenvalue weighted by Crippen LogP contribution is 2.19. The Morgan fingerprint density at radius 3 is 2.52 bits per heavy atom. The van der Waals surface area contributed by atoms with E-state index in [2.05, 4.69) is 20.2 Å². The van der Waals surface area contributed by atoms with E-state index in [9.17, 15) is 4.79 Å². The summed E-state index contributed by atoms with van der Waals surface area (Å²) in [4.78, 5) is 18.7. The molecule has 0 saturated carbocycles. The fraction of sp³-hybridized carbons (Fsp3) is 0.250. The number of rotatable bonds is 6. The van der Waals surface area contributed by atoms with Crippen LogP contribution in [-0.4, -0.2) is 39.8 Å². The monoisotopic (exact) mass is 291 g/mol. The Morgan fingerprint density at radius 1 is 1.19 bits per heavy atom. The van der Waals surface area contributed by atoms with Crippen molar-refractivity contribution in [3.63, 3.8) is 0 Å². The smallest absolute Gasteiger partial charge is 0.326 e. The number of primary amides is 1. The number of amides is 1. The number of carbonyl (C=O) groups excluding carboxylic acids is 1. The molecule has 21 heavy (non-hydrogen) atoms. The quantitative estimate of drug-likeness (QED) is 0.803. The second-order valence-corrected chi connectivity index (χ2v) is 3.90. The maximum atomic E-state index is 10.6. The third-order valence-electron chi connectivity index (χ3n) is 2.19. The molecule has 0 spiro atoms. The lowest BCUT2D eigenvalue weighted by atomic mass is 10.4. The van der Waals surface area contributed by atoms with E-state index in [1.165, 1.54) is 19.2 Å². The van der Waals surface area contributed by atoms with Crippen LogP contribution in [0.15, 0.2) is 18.2 Å². The van der Waals surface area contributed by atoms with Crippen molar-refractivity contribution in [2.75, 3.05) is 13.7 Å². The van der Waals surface area contributed by atoms with Crippen LogP contribution < -0.4 is 19.9 Å². The number of ether oxygens (including phenoxy) is 3. The lowest BCUT2D eigenvalue weighted by Crippen LogP contribution is -2.20. The van der Waals surface area contributed by atoms with Crippen molar-refractivity contribution in [3.8, 4) is 23.7 Å². The standard InChI is InChI=1S/C12H13N5O4/c1-7-5-11(19-2)15-12(14-7)21-10-4-3-9(16-17-10)20-6-8(13)18/h3-5H,6H2,1-2H3,(H2,13,18). The second-order valence-electron chi connectivity index (χ2n) is 3.90. The summed E-state index contributed by atoms with van der Waals surface area (Å²) in [6, 6.07) is 4.74. The van der Waals surface area contributed by atoms with Gasteiger partial charge in [0.2, 0.25) is 17.6 Å². The Hall–Kier alpha value is -2.97. The van der Waals surface area contributed by atoms with Crippen molar-refractivity contribution < 1.29 is 19.0 Å². The van der Waals surface area contributed by atoms with Gasteiger partial charge in [-0.1, -0.05) is 0 Å². The van der Waals surface area contributed by atoms with Gasteiger partial charge in [0, 0.05) is 23.9 Å². The molecule has 1 amide bonds. The minimum absolute atomic E-state index is 0.0898. The molecule has 0 aliphatic rings. The van der Waals surface area contributed by atoms with Gasteiger partial charge in [0.25, 0.3) is 5.91 Å². The molecule has 0 unspecified atom stereocenters. The summed E-state index contributed by atoms with van der Waals surface area (Å²) in [5.74, 6) is 0.113. The summed E-state index contributed by atoms with van der Waals surface area (Å²) in [5, 5.41) is 7.49. The van der Waals surface area contributed by atoms with E-state index < -0.39 is 5.91 Å². The molecule has 2 rings (SSSR count). The highest BCUT2D eigenvalue weighted by Gasteiger charge is 2.07. The Labute approximate surface area is 120 Å². The van der Waals surface area contributed by atoms with Gasteiger partial charge in [0.15, 0.2) is 6.61 Å². The van der Waals surface area contributed by atoms with Gasteiger partial charge in [-0.2, -0.15) is 9.97 Å². The average molecular weight is 291 g/mol. The third kappa shape index (κ3) is 4.27. The van der Waals surface area contributed by atoms with Crippen LogP contribution in [0.5, 0.6) is 23.7 Å². The molecule has 0 atom stereocenters. The summed E-state index contributed by atoms with van der Waals surface area (Å²) in [5.41, 5.74) is 5.63. The normalized spacial score (nSPS) is 10.0. The van der Waals surface area contributed by atoms with E-state index in [4.69, 9.17) is 19.9 Å². The Kier molecular flexibility index (Phi) is 4.44. The maximum Gasteiger partial charge on any atom is 0.326 e. The molecule has 0 aliphatic carbocycles. The van der Waals surface area contributed by atoms with E-state index in [1.807, 2.05) is 0 Å². The number of methoxy groups -OCH3 is 1. The highest BCUT2D eigenvalue weighted by atomic mass is 16.5. The first-order chi connectivity index (χ1) is 10.1. The lowest BCUT2D eigenvalue weighted by Gasteiger charge is -2.06. The molecule has 0 saturated heterocycles. The Bertz CT molecular complexity index is 632. The van der Waals surface area contributed by atoms with Crippen molar-refractivity contribution in [2.45, 2.75) is 6.92 Å². The molecular weight excluding hydrogens is 278 g/mol. The molecule has 9 heteroatoms. The molecule has 2 heterocycles. The van der Waals surface area contributed by atoms with Crippen molar-refractivity contribution >= 4 is 5.91 Å². The topological polar surface area (TPSA) is 122 Å². The molecule has 0 aromatic carbocycles. The Balaban J connectivity index is 2.06. The first-order valence-corrected chi connectivity index (χ1v) is 5.89. The molecule has 9 nitrogen and oxygen atoms in total. The van der Waals surface area contributed by atoms with Crippen LogP contribution in [0, 0.1) is 6.92 Å². The molecule has 110 valence electrons. The maximum absolute atomic E-state index is 10.6. The van der Waals surface area contributed by atoms with Crippen LogP contribution >= 0.6 is 0 Å². The van der Waals surface area contributed by atoms with Crippen LogP contribution in [0.2, 0.25) is 0 Å². The van der Waals surface area contributed by atoms with Crippen molar-refractivity contribution in [3.05, 3.63) is 23.9 Å². The number of aryl methyl sites for hydroxylation is 1. The molecule has 0 radical (unpaired) electrons. The van der Waals surface area contributed by atoms with E-state index in [1.54, 1.807) is 13.0 Å². The van der Waals surface area contributed by atoms with E-state index in [0.717, 1.165) is 0 Å². The summed E-state index contributed by atoms with van der Waals surface area (Å²) < 4.78 is 15.3. The summed E-state index contributed by atoms with van der Waals surface area (Å²) in [6.45, 7) is 1.51. The predicted molar refractivity (Wildman–Crippen MR) is 70.1 cm³/mol. The fourth-order valence-electron chi connectivity index (χ4n) is 1.34. The summed E-state index contributed by atoms with van der Waals surface area (Å²) in [7, 11) is 1.50. The minimum Gasteiger partial charge on any atom is -0.481 e. The number of hydrogen-bond donors (Lipinski definition) is 1. The van der Waals surface area contributed by atoms with Crippen LogP contribution in [0.1, 0.15) is 5.69 Å². The van der Waals surface area contributed by atoms with Crippen molar-refractivity contribution in [1.82, 2.24) is 20.2 Å². The summed E-state index contributed by atoms with van der Waals surface area (Å²) in [6.07, 6.45) is 0. The van der Waals surface area contributed by atoms with Crippen molar-refractivity contribution in [2.24, 2.45) is 5.73 Å². The van der Waals surface area contributed by atoms with Gasteiger partial charge in [0.1, 0.15) is 0 Å². The average Bonchev–Trinajstić information content (AvgIpc) is 2.46. The number of nitrogens with zero attached hydrogens (tertiary/aromatic N) is 4. The van der Waals surface area contributed by atoms with Crippen LogP contribution in [-0.2, 0) is 4.79 Å². The Morgan fingerprint density at radius 2 is 1.90 bits per heavy atom. The van der Waals surface area contributed by atoms with Crippen LogP contribution in [0.3, 0.4) is 0 Å². The number of nitrogens with two attached hydrogens (primary N) is 1. The SMILES string of the molecule is COc1cc(C)nc(Oc2ccc(OCC(N)=O)nn2)n1. The second kappa shape index (κ2) is 6.46. The lowest BCUT2D eigenvalue weighted by molar-refractivity contribution is -0.120. The third-order valence-corrected chi connectivity index (χ3v) is 2.19. The van der Waals surface area contributed by atoms with E-state index >= 15 is 0 Å². The molecule has 0 fully saturated rings. The zero-order valence-corrected chi connectivity index (χ0v) is 11.4. The minimum atomic E-state index is -0.600. The summed E-state index contributed by atoms with van der Waals surface area (Å²) >= 11 is 0. The predicted octanol–water partition coefficient (Wildman–Crippen LogP) is 0.240. The van der Waals surface area contributed by atoms with Gasteiger partial charge in [0.05, 0.1) is 7.11 Å². The van der Waals surface area contributed by atoms with Gasteiger partial charge in [-0.3, -0.25) is 4.79 Å². The van der Waals surface area contributed by atoms with Gasteiger partial charge in [-0.05, 0) is 6.92 Å². The number of aromatic nitrogens is 4. The zero-order chi connectivity index (χ0) is 15.2.